The van der Waals surface area contributed by atoms with Gasteiger partial charge in [0.05, 0.1) is 17.2 Å². The molecule has 0 aliphatic rings. The van der Waals surface area contributed by atoms with E-state index in [1.54, 1.807) is 29.8 Å². The summed E-state index contributed by atoms with van der Waals surface area (Å²) in [5.41, 5.74) is 1.06. The van der Waals surface area contributed by atoms with Crippen molar-refractivity contribution in [1.82, 2.24) is 10.3 Å². The van der Waals surface area contributed by atoms with Crippen LogP contribution in [0.15, 0.2) is 21.3 Å². The van der Waals surface area contributed by atoms with Gasteiger partial charge in [0.25, 0.3) is 0 Å². The summed E-state index contributed by atoms with van der Waals surface area (Å²) < 4.78 is 6.09. The molecule has 0 saturated heterocycles. The van der Waals surface area contributed by atoms with Gasteiger partial charge >= 0.3 is 0 Å². The fraction of sp³-hybridized carbons (Fsp3) is 0.364. The fourth-order valence-corrected chi connectivity index (χ4v) is 3.55. The van der Waals surface area contributed by atoms with Crippen LogP contribution in [0.25, 0.3) is 10.6 Å². The van der Waals surface area contributed by atoms with Gasteiger partial charge in [-0.15, -0.1) is 22.7 Å². The Labute approximate surface area is 117 Å². The van der Waals surface area contributed by atoms with Gasteiger partial charge < -0.3 is 10.1 Å². The molecule has 0 bridgehead atoms. The largest absolute Gasteiger partial charge is 0.383 e. The van der Waals surface area contributed by atoms with E-state index in [0.29, 0.717) is 0 Å². The maximum absolute atomic E-state index is 4.97. The second-order valence-corrected chi connectivity index (χ2v) is 6.19. The molecule has 0 saturated carbocycles. The summed E-state index contributed by atoms with van der Waals surface area (Å²) in [6.07, 6.45) is 0. The number of methoxy groups -OCH3 is 1. The van der Waals surface area contributed by atoms with Crippen molar-refractivity contribution in [1.29, 1.82) is 0 Å². The summed E-state index contributed by atoms with van der Waals surface area (Å²) in [5, 5.41) is 8.58. The summed E-state index contributed by atoms with van der Waals surface area (Å²) in [7, 11) is 1.71. The number of hydrogen-bond donors (Lipinski definition) is 1. The van der Waals surface area contributed by atoms with Crippen molar-refractivity contribution in [2.24, 2.45) is 0 Å². The molecule has 0 aliphatic heterocycles. The SMILES string of the molecule is COCCNCc1nc(-c2cc(Br)cs2)cs1. The van der Waals surface area contributed by atoms with Crippen molar-refractivity contribution >= 4 is 38.6 Å². The highest BCUT2D eigenvalue weighted by atomic mass is 79.9. The maximum atomic E-state index is 4.97. The normalized spacial score (nSPS) is 10.9. The second-order valence-electron chi connectivity index (χ2n) is 3.43. The number of nitrogens with zero attached hydrogens (tertiary/aromatic N) is 1. The first kappa shape index (κ1) is 13.2. The molecule has 2 heterocycles. The number of ether oxygens (including phenoxy) is 1. The topological polar surface area (TPSA) is 34.1 Å². The average molecular weight is 333 g/mol. The van der Waals surface area contributed by atoms with Crippen LogP contribution in [0.2, 0.25) is 0 Å². The van der Waals surface area contributed by atoms with Gasteiger partial charge in [-0.05, 0) is 22.0 Å². The Hall–Kier alpha value is -0.270. The molecular formula is C11H13BrN2OS2. The molecular weight excluding hydrogens is 320 g/mol. The van der Waals surface area contributed by atoms with E-state index in [1.165, 1.54) is 4.88 Å². The number of aromatic nitrogens is 1. The third-order valence-electron chi connectivity index (χ3n) is 2.13. The summed E-state index contributed by atoms with van der Waals surface area (Å²) in [5.74, 6) is 0. The van der Waals surface area contributed by atoms with E-state index >= 15 is 0 Å². The van der Waals surface area contributed by atoms with E-state index in [4.69, 9.17) is 4.74 Å². The number of hydrogen-bond acceptors (Lipinski definition) is 5. The van der Waals surface area contributed by atoms with Crippen molar-refractivity contribution in [3.05, 3.63) is 26.3 Å². The van der Waals surface area contributed by atoms with Crippen molar-refractivity contribution in [2.45, 2.75) is 6.54 Å². The number of nitrogens with one attached hydrogen (secondary N) is 1. The van der Waals surface area contributed by atoms with Gasteiger partial charge in [0.15, 0.2) is 0 Å². The third-order valence-corrected chi connectivity index (χ3v) is 4.69. The zero-order valence-corrected chi connectivity index (χ0v) is 12.6. The number of thiophene rings is 1. The predicted molar refractivity (Wildman–Crippen MR) is 76.7 cm³/mol. The molecule has 0 fully saturated rings. The van der Waals surface area contributed by atoms with Crippen LogP contribution in [0.1, 0.15) is 5.01 Å². The van der Waals surface area contributed by atoms with Crippen LogP contribution in [0, 0.1) is 0 Å². The first-order valence-electron chi connectivity index (χ1n) is 5.18. The van der Waals surface area contributed by atoms with Gasteiger partial charge in [0, 0.05) is 35.4 Å². The molecule has 2 aromatic heterocycles. The van der Waals surface area contributed by atoms with E-state index in [2.05, 4.69) is 43.1 Å². The molecule has 0 aliphatic carbocycles. The number of halogens is 1. The fourth-order valence-electron chi connectivity index (χ4n) is 1.32. The highest BCUT2D eigenvalue weighted by molar-refractivity contribution is 9.10. The predicted octanol–water partition coefficient (Wildman–Crippen LogP) is 3.37. The molecule has 6 heteroatoms. The maximum Gasteiger partial charge on any atom is 0.107 e. The molecule has 0 radical (unpaired) electrons. The highest BCUT2D eigenvalue weighted by Gasteiger charge is 2.06. The Morgan fingerprint density at radius 3 is 3.00 bits per heavy atom. The van der Waals surface area contributed by atoms with Crippen LogP contribution in [0.5, 0.6) is 0 Å². The number of thiazole rings is 1. The molecule has 0 amide bonds. The number of rotatable bonds is 6. The first-order valence-corrected chi connectivity index (χ1v) is 7.73. The van der Waals surface area contributed by atoms with Crippen LogP contribution in [-0.2, 0) is 11.3 Å². The lowest BCUT2D eigenvalue weighted by Crippen LogP contribution is -2.18. The molecule has 0 aromatic carbocycles. The summed E-state index contributed by atoms with van der Waals surface area (Å²) in [4.78, 5) is 5.80. The van der Waals surface area contributed by atoms with E-state index in [9.17, 15) is 0 Å². The van der Waals surface area contributed by atoms with Gasteiger partial charge in [-0.3, -0.25) is 0 Å². The Kier molecular flexibility index (Phi) is 5.12. The average Bonchev–Trinajstić information content (AvgIpc) is 2.93. The van der Waals surface area contributed by atoms with Crippen molar-refractivity contribution in [3.63, 3.8) is 0 Å². The Balaban J connectivity index is 1.92. The molecule has 0 unspecified atom stereocenters. The summed E-state index contributed by atoms with van der Waals surface area (Å²) in [6.45, 7) is 2.40. The van der Waals surface area contributed by atoms with Crippen LogP contribution in [0.3, 0.4) is 0 Å². The molecule has 2 aromatic rings. The van der Waals surface area contributed by atoms with Crippen LogP contribution in [-0.4, -0.2) is 25.2 Å². The molecule has 17 heavy (non-hydrogen) atoms. The van der Waals surface area contributed by atoms with Gasteiger partial charge in [-0.25, -0.2) is 4.98 Å². The zero-order valence-electron chi connectivity index (χ0n) is 9.40. The smallest absolute Gasteiger partial charge is 0.107 e. The second kappa shape index (κ2) is 6.61. The Bertz CT molecular complexity index is 469. The van der Waals surface area contributed by atoms with Gasteiger partial charge in [0.1, 0.15) is 5.01 Å². The van der Waals surface area contributed by atoms with E-state index < -0.39 is 0 Å². The molecule has 0 spiro atoms. The minimum atomic E-state index is 0.732. The van der Waals surface area contributed by atoms with Crippen molar-refractivity contribution in [3.8, 4) is 10.6 Å². The zero-order chi connectivity index (χ0) is 12.1. The first-order chi connectivity index (χ1) is 8.29. The van der Waals surface area contributed by atoms with E-state index in [1.807, 2.05) is 0 Å². The van der Waals surface area contributed by atoms with E-state index in [-0.39, 0.29) is 0 Å². The lowest BCUT2D eigenvalue weighted by molar-refractivity contribution is 0.199. The molecule has 92 valence electrons. The van der Waals surface area contributed by atoms with Crippen LogP contribution < -0.4 is 5.32 Å². The van der Waals surface area contributed by atoms with Crippen LogP contribution in [0.4, 0.5) is 0 Å². The highest BCUT2D eigenvalue weighted by Crippen LogP contribution is 2.30. The van der Waals surface area contributed by atoms with Gasteiger partial charge in [0.2, 0.25) is 0 Å². The van der Waals surface area contributed by atoms with Gasteiger partial charge in [-0.1, -0.05) is 0 Å². The standard InChI is InChI=1S/C11H13BrN2OS2/c1-15-3-2-13-5-11-14-9(7-17-11)10-4-8(12)6-16-10/h4,6-7,13H,2-3,5H2,1H3. The molecule has 2 rings (SSSR count). The van der Waals surface area contributed by atoms with Crippen molar-refractivity contribution in [2.75, 3.05) is 20.3 Å². The molecule has 0 atom stereocenters. The molecule has 1 N–H and O–H groups in total. The summed E-state index contributed by atoms with van der Waals surface area (Å²) in [6, 6.07) is 2.10. The third kappa shape index (κ3) is 3.86. The Morgan fingerprint density at radius 2 is 2.29 bits per heavy atom. The monoisotopic (exact) mass is 332 g/mol. The lowest BCUT2D eigenvalue weighted by Gasteiger charge is -2.00. The van der Waals surface area contributed by atoms with Gasteiger partial charge in [-0.2, -0.15) is 0 Å². The van der Waals surface area contributed by atoms with Crippen molar-refractivity contribution < 1.29 is 4.74 Å². The van der Waals surface area contributed by atoms with E-state index in [0.717, 1.165) is 34.9 Å². The minimum absolute atomic E-state index is 0.732. The summed E-state index contributed by atoms with van der Waals surface area (Å²) >= 11 is 6.85. The van der Waals surface area contributed by atoms with Crippen LogP contribution >= 0.6 is 38.6 Å². The molecule has 3 nitrogen and oxygen atoms in total. The minimum Gasteiger partial charge on any atom is -0.383 e. The quantitative estimate of drug-likeness (QED) is 0.823. The lowest BCUT2D eigenvalue weighted by atomic mass is 10.4. The Morgan fingerprint density at radius 1 is 1.41 bits per heavy atom.